The minimum atomic E-state index is -1.61. The van der Waals surface area contributed by atoms with Crippen LogP contribution in [0.3, 0.4) is 0 Å². The Morgan fingerprint density at radius 1 is 1.20 bits per heavy atom. The van der Waals surface area contributed by atoms with Crippen LogP contribution in [0.2, 0.25) is 0 Å². The first-order valence-corrected chi connectivity index (χ1v) is 13.1. The van der Waals surface area contributed by atoms with E-state index in [1.54, 1.807) is 12.4 Å². The minimum absolute atomic E-state index is 0.110. The Morgan fingerprint density at radius 3 is 2.69 bits per heavy atom. The average molecular weight is 499 g/mol. The van der Waals surface area contributed by atoms with E-state index < -0.39 is 17.7 Å². The van der Waals surface area contributed by atoms with E-state index in [2.05, 4.69) is 29.5 Å². The van der Waals surface area contributed by atoms with Gasteiger partial charge in [-0.25, -0.2) is 9.97 Å². The molecule has 9 nitrogen and oxygen atoms in total. The molecular weight excluding hydrogens is 464 g/mol. The Labute approximate surface area is 209 Å². The highest BCUT2D eigenvalue weighted by Gasteiger charge is 2.47. The van der Waals surface area contributed by atoms with Gasteiger partial charge < -0.3 is 26.0 Å². The molecule has 2 aliphatic carbocycles. The number of nitrogens with one attached hydrogen (secondary N) is 2. The van der Waals surface area contributed by atoms with Crippen molar-refractivity contribution in [2.45, 2.75) is 64.7 Å². The maximum Gasteiger partial charge on any atom is 0.224 e. The molecule has 2 saturated carbocycles. The standard InChI is InChI=1S/C25H34N6O3S/c1-14-19(22-29-17-11-26-9-7-18(17)35-22)21(31-25(34)8-6-16(12-32)20(25)33)30-23(28-14)27-13-24(2,3)10-15-4-5-15/h7,9,11,15-16,20,32-34H,4-6,8,10,12-13H2,1-3H3,(H2,27,28,30,31). The summed E-state index contributed by atoms with van der Waals surface area (Å²) in [7, 11) is 0. The van der Waals surface area contributed by atoms with Crippen molar-refractivity contribution in [3.8, 4) is 10.6 Å². The number of aliphatic hydroxyl groups is 3. The molecule has 0 aromatic carbocycles. The Hall–Kier alpha value is -2.40. The van der Waals surface area contributed by atoms with Gasteiger partial charge in [0.05, 0.1) is 22.2 Å². The maximum atomic E-state index is 11.3. The van der Waals surface area contributed by atoms with Crippen LogP contribution in [-0.2, 0) is 0 Å². The molecule has 3 aromatic rings. The van der Waals surface area contributed by atoms with Crippen molar-refractivity contribution < 1.29 is 15.3 Å². The zero-order valence-corrected chi connectivity index (χ0v) is 21.3. The Balaban J connectivity index is 1.50. The number of pyridine rings is 1. The van der Waals surface area contributed by atoms with Crippen molar-refractivity contribution >= 4 is 33.3 Å². The van der Waals surface area contributed by atoms with Crippen LogP contribution < -0.4 is 10.6 Å². The molecule has 5 rings (SSSR count). The molecule has 0 bridgehead atoms. The van der Waals surface area contributed by atoms with Crippen LogP contribution in [0.5, 0.6) is 0 Å². The van der Waals surface area contributed by atoms with Crippen molar-refractivity contribution in [1.82, 2.24) is 19.9 Å². The Bertz CT molecular complexity index is 1180. The van der Waals surface area contributed by atoms with Crippen molar-refractivity contribution in [3.05, 3.63) is 24.2 Å². The van der Waals surface area contributed by atoms with Crippen molar-refractivity contribution in [2.75, 3.05) is 23.8 Å². The first-order chi connectivity index (χ1) is 16.7. The van der Waals surface area contributed by atoms with Gasteiger partial charge in [-0.3, -0.25) is 4.98 Å². The lowest BCUT2D eigenvalue weighted by Crippen LogP contribution is -2.48. The third-order valence-corrected chi connectivity index (χ3v) is 8.21. The summed E-state index contributed by atoms with van der Waals surface area (Å²) in [5.41, 5.74) is 0.679. The van der Waals surface area contributed by atoms with Gasteiger partial charge in [0, 0.05) is 25.3 Å². The molecule has 3 aromatic heterocycles. The van der Waals surface area contributed by atoms with Crippen LogP contribution in [-0.4, -0.2) is 60.2 Å². The lowest BCUT2D eigenvalue weighted by atomic mass is 9.87. The number of fused-ring (bicyclic) bond motifs is 1. The SMILES string of the molecule is Cc1nc(NCC(C)(C)CC2CC2)nc(NC2(O)CCC(CO)C2O)c1-c1nc2cnccc2s1. The van der Waals surface area contributed by atoms with E-state index in [-0.39, 0.29) is 12.0 Å². The van der Waals surface area contributed by atoms with E-state index in [4.69, 9.17) is 15.0 Å². The van der Waals surface area contributed by atoms with Gasteiger partial charge in [-0.05, 0) is 43.6 Å². The number of nitrogens with zero attached hydrogens (tertiary/aromatic N) is 4. The molecule has 10 heteroatoms. The largest absolute Gasteiger partial charge is 0.396 e. The first-order valence-electron chi connectivity index (χ1n) is 12.3. The molecule has 2 aliphatic rings. The second-order valence-electron chi connectivity index (χ2n) is 10.9. The van der Waals surface area contributed by atoms with E-state index in [0.717, 1.165) is 29.1 Å². The lowest BCUT2D eigenvalue weighted by Gasteiger charge is -2.31. The van der Waals surface area contributed by atoms with Gasteiger partial charge in [0.25, 0.3) is 0 Å². The highest BCUT2D eigenvalue weighted by molar-refractivity contribution is 7.21. The number of hydrogen-bond donors (Lipinski definition) is 5. The smallest absolute Gasteiger partial charge is 0.224 e. The van der Waals surface area contributed by atoms with Crippen LogP contribution in [0.1, 0.15) is 51.6 Å². The maximum absolute atomic E-state index is 11.3. The number of anilines is 2. The van der Waals surface area contributed by atoms with Gasteiger partial charge in [-0.1, -0.05) is 26.7 Å². The zero-order valence-electron chi connectivity index (χ0n) is 20.5. The summed E-state index contributed by atoms with van der Waals surface area (Å²) in [4.78, 5) is 18.4. The van der Waals surface area contributed by atoms with E-state index in [0.29, 0.717) is 40.9 Å². The summed E-state index contributed by atoms with van der Waals surface area (Å²) < 4.78 is 0.990. The molecule has 188 valence electrons. The summed E-state index contributed by atoms with van der Waals surface area (Å²) in [6.45, 7) is 6.95. The molecule has 35 heavy (non-hydrogen) atoms. The van der Waals surface area contributed by atoms with Gasteiger partial charge in [0.1, 0.15) is 22.4 Å². The second kappa shape index (κ2) is 9.24. The highest BCUT2D eigenvalue weighted by atomic mass is 32.1. The molecule has 2 fully saturated rings. The number of aryl methyl sites for hydroxylation is 1. The normalized spacial score (nSPS) is 24.7. The summed E-state index contributed by atoms with van der Waals surface area (Å²) in [6, 6.07) is 1.91. The van der Waals surface area contributed by atoms with Crippen LogP contribution in [0.15, 0.2) is 18.5 Å². The molecule has 0 saturated heterocycles. The molecule has 0 radical (unpaired) electrons. The summed E-state index contributed by atoms with van der Waals surface area (Å²) in [5.74, 6) is 1.30. The fourth-order valence-electron chi connectivity index (χ4n) is 5.01. The van der Waals surface area contributed by atoms with Crippen LogP contribution in [0, 0.1) is 24.2 Å². The van der Waals surface area contributed by atoms with Gasteiger partial charge >= 0.3 is 0 Å². The topological polar surface area (TPSA) is 136 Å². The second-order valence-corrected chi connectivity index (χ2v) is 11.9. The zero-order chi connectivity index (χ0) is 24.8. The predicted octanol–water partition coefficient (Wildman–Crippen LogP) is 3.56. The van der Waals surface area contributed by atoms with Crippen molar-refractivity contribution in [3.63, 3.8) is 0 Å². The summed E-state index contributed by atoms with van der Waals surface area (Å²) in [5, 5.41) is 38.9. The molecular formula is C25H34N6O3S. The Kier molecular flexibility index (Phi) is 6.41. The van der Waals surface area contributed by atoms with Crippen LogP contribution >= 0.6 is 11.3 Å². The quantitative estimate of drug-likeness (QED) is 0.281. The molecule has 0 spiro atoms. The van der Waals surface area contributed by atoms with E-state index in [1.807, 2.05) is 13.0 Å². The molecule has 3 heterocycles. The first kappa shape index (κ1) is 24.3. The summed E-state index contributed by atoms with van der Waals surface area (Å²) >= 11 is 1.50. The van der Waals surface area contributed by atoms with E-state index >= 15 is 0 Å². The summed E-state index contributed by atoms with van der Waals surface area (Å²) in [6.07, 6.45) is 6.92. The molecule has 3 unspecified atom stereocenters. The van der Waals surface area contributed by atoms with Crippen molar-refractivity contribution in [1.29, 1.82) is 0 Å². The number of aromatic nitrogens is 4. The fourth-order valence-corrected chi connectivity index (χ4v) is 6.04. The molecule has 0 amide bonds. The Morgan fingerprint density at radius 2 is 2.00 bits per heavy atom. The van der Waals surface area contributed by atoms with Crippen LogP contribution in [0.25, 0.3) is 20.8 Å². The monoisotopic (exact) mass is 498 g/mol. The average Bonchev–Trinajstić information content (AvgIpc) is 3.43. The third-order valence-electron chi connectivity index (χ3n) is 7.16. The minimum Gasteiger partial charge on any atom is -0.396 e. The van der Waals surface area contributed by atoms with E-state index in [9.17, 15) is 15.3 Å². The molecule has 3 atom stereocenters. The van der Waals surface area contributed by atoms with Gasteiger partial charge in [0.2, 0.25) is 5.95 Å². The number of hydrogen-bond acceptors (Lipinski definition) is 10. The van der Waals surface area contributed by atoms with Gasteiger partial charge in [-0.2, -0.15) is 4.98 Å². The number of aliphatic hydroxyl groups excluding tert-OH is 2. The lowest BCUT2D eigenvalue weighted by molar-refractivity contribution is -0.0545. The van der Waals surface area contributed by atoms with Gasteiger partial charge in [0.15, 0.2) is 5.72 Å². The predicted molar refractivity (Wildman–Crippen MR) is 137 cm³/mol. The highest BCUT2D eigenvalue weighted by Crippen LogP contribution is 2.42. The fraction of sp³-hybridized carbons (Fsp3) is 0.600. The molecule has 5 N–H and O–H groups in total. The van der Waals surface area contributed by atoms with Crippen LogP contribution in [0.4, 0.5) is 11.8 Å². The third kappa shape index (κ3) is 5.11. The molecule has 0 aliphatic heterocycles. The van der Waals surface area contributed by atoms with Gasteiger partial charge in [-0.15, -0.1) is 11.3 Å². The number of rotatable bonds is 9. The number of thiazole rings is 1. The van der Waals surface area contributed by atoms with E-state index in [1.165, 1.54) is 24.2 Å². The van der Waals surface area contributed by atoms with Crippen molar-refractivity contribution in [2.24, 2.45) is 17.3 Å².